The molecule has 0 unspecified atom stereocenters. The van der Waals surface area contributed by atoms with Crippen LogP contribution in [0.2, 0.25) is 0 Å². The Labute approximate surface area is 69.0 Å². The van der Waals surface area contributed by atoms with E-state index in [0.29, 0.717) is 0 Å². The molecule has 0 saturated heterocycles. The molecule has 0 spiro atoms. The lowest BCUT2D eigenvalue weighted by atomic mass is 9.95. The summed E-state index contributed by atoms with van der Waals surface area (Å²) in [6, 6.07) is 0. The molecule has 0 atom stereocenters. The number of nitrogens with zero attached hydrogens (tertiary/aromatic N) is 1. The molecule has 3 nitrogen and oxygen atoms in total. The summed E-state index contributed by atoms with van der Waals surface area (Å²) in [7, 11) is 0. The number of hydrogen-bond acceptors (Lipinski definition) is 2. The summed E-state index contributed by atoms with van der Waals surface area (Å²) in [5.41, 5.74) is 2.66. The Balaban J connectivity index is 4.16. The maximum atomic E-state index is 5.32. The average molecular weight is 157 g/mol. The number of aliphatic imine (C=N–C) groups is 1. The van der Waals surface area contributed by atoms with E-state index in [1.807, 2.05) is 0 Å². The predicted octanol–water partition coefficient (Wildman–Crippen LogP) is 1.30. The Hall–Kier alpha value is -0.570. The van der Waals surface area contributed by atoms with E-state index in [1.54, 1.807) is 0 Å². The Morgan fingerprint density at radius 2 is 2.00 bits per heavy atom. The molecular formula is C8H19N3. The van der Waals surface area contributed by atoms with Gasteiger partial charge in [0.25, 0.3) is 0 Å². The van der Waals surface area contributed by atoms with Gasteiger partial charge in [0.1, 0.15) is 5.84 Å². The zero-order chi connectivity index (χ0) is 8.91. The normalized spacial score (nSPS) is 13.4. The third-order valence-corrected chi connectivity index (χ3v) is 1.34. The third kappa shape index (κ3) is 3.98. The van der Waals surface area contributed by atoms with Crippen molar-refractivity contribution >= 4 is 5.84 Å². The minimum absolute atomic E-state index is 0.0317. The highest BCUT2D eigenvalue weighted by Gasteiger charge is 2.16. The number of hydrogen-bond donors (Lipinski definition) is 2. The molecular weight excluding hydrogens is 138 g/mol. The van der Waals surface area contributed by atoms with E-state index < -0.39 is 0 Å². The van der Waals surface area contributed by atoms with Gasteiger partial charge in [0.2, 0.25) is 0 Å². The van der Waals surface area contributed by atoms with Gasteiger partial charge in [-0.1, -0.05) is 27.7 Å². The van der Waals surface area contributed by atoms with Gasteiger partial charge in [-0.25, -0.2) is 5.84 Å². The fraction of sp³-hybridized carbons (Fsp3) is 0.875. The van der Waals surface area contributed by atoms with Crippen LogP contribution in [0.4, 0.5) is 0 Å². The molecule has 0 bridgehead atoms. The van der Waals surface area contributed by atoms with Crippen molar-refractivity contribution in [3.8, 4) is 0 Å². The molecule has 0 amide bonds. The minimum Gasteiger partial charge on any atom is -0.312 e. The maximum Gasteiger partial charge on any atom is 0.116 e. The molecule has 0 aromatic carbocycles. The number of hydrazine groups is 1. The van der Waals surface area contributed by atoms with E-state index in [-0.39, 0.29) is 5.41 Å². The van der Waals surface area contributed by atoms with Crippen LogP contribution in [0.25, 0.3) is 0 Å². The average Bonchev–Trinajstić information content (AvgIpc) is 1.87. The van der Waals surface area contributed by atoms with Crippen molar-refractivity contribution in [3.05, 3.63) is 0 Å². The van der Waals surface area contributed by atoms with Crippen LogP contribution < -0.4 is 11.3 Å². The summed E-state index contributed by atoms with van der Waals surface area (Å²) < 4.78 is 0. The first-order chi connectivity index (χ1) is 5.02. The summed E-state index contributed by atoms with van der Waals surface area (Å²) in [6.07, 6.45) is 1.06. The topological polar surface area (TPSA) is 50.4 Å². The maximum absolute atomic E-state index is 5.32. The second kappa shape index (κ2) is 4.34. The van der Waals surface area contributed by atoms with Gasteiger partial charge in [-0.3, -0.25) is 4.99 Å². The third-order valence-electron chi connectivity index (χ3n) is 1.34. The molecule has 0 rings (SSSR count). The van der Waals surface area contributed by atoms with Crippen LogP contribution in [0.1, 0.15) is 34.1 Å². The van der Waals surface area contributed by atoms with E-state index in [9.17, 15) is 0 Å². The fourth-order valence-corrected chi connectivity index (χ4v) is 0.723. The van der Waals surface area contributed by atoms with Crippen LogP contribution >= 0.6 is 0 Å². The lowest BCUT2D eigenvalue weighted by molar-refractivity contribution is 0.562. The van der Waals surface area contributed by atoms with Crippen LogP contribution in [0, 0.1) is 5.41 Å². The van der Waals surface area contributed by atoms with Crippen LogP contribution in [0.5, 0.6) is 0 Å². The van der Waals surface area contributed by atoms with Crippen LogP contribution in [-0.2, 0) is 0 Å². The lowest BCUT2D eigenvalue weighted by Gasteiger charge is -2.20. The largest absolute Gasteiger partial charge is 0.312 e. The van der Waals surface area contributed by atoms with Gasteiger partial charge in [-0.05, 0) is 6.42 Å². The van der Waals surface area contributed by atoms with Crippen LogP contribution in [-0.4, -0.2) is 12.4 Å². The molecule has 0 aliphatic carbocycles. The van der Waals surface area contributed by atoms with E-state index in [4.69, 9.17) is 5.84 Å². The van der Waals surface area contributed by atoms with Crippen molar-refractivity contribution in [3.63, 3.8) is 0 Å². The number of nitrogens with one attached hydrogen (secondary N) is 1. The standard InChI is InChI=1S/C8H19N3/c1-5-6-10-7(11-9)8(2,3)4/h5-6,9H2,1-4H3,(H,10,11). The number of nitrogens with two attached hydrogens (primary N) is 1. The highest BCUT2D eigenvalue weighted by Crippen LogP contribution is 2.13. The first kappa shape index (κ1) is 10.4. The zero-order valence-corrected chi connectivity index (χ0v) is 7.94. The SMILES string of the molecule is CCCN=C(NN)C(C)(C)C. The predicted molar refractivity (Wildman–Crippen MR) is 49.4 cm³/mol. The molecule has 0 aliphatic rings. The minimum atomic E-state index is 0.0317. The Kier molecular flexibility index (Phi) is 4.11. The van der Waals surface area contributed by atoms with Crippen molar-refractivity contribution in [1.82, 2.24) is 5.43 Å². The molecule has 0 radical (unpaired) electrons. The summed E-state index contributed by atoms with van der Waals surface area (Å²) >= 11 is 0. The van der Waals surface area contributed by atoms with E-state index >= 15 is 0 Å². The molecule has 0 heterocycles. The molecule has 66 valence electrons. The quantitative estimate of drug-likeness (QED) is 0.275. The molecule has 0 aromatic heterocycles. The molecule has 3 N–H and O–H groups in total. The number of amidine groups is 1. The Bertz CT molecular complexity index is 133. The second-order valence-electron chi connectivity index (χ2n) is 3.62. The van der Waals surface area contributed by atoms with E-state index in [1.165, 1.54) is 0 Å². The summed E-state index contributed by atoms with van der Waals surface area (Å²) in [5, 5.41) is 0. The fourth-order valence-electron chi connectivity index (χ4n) is 0.723. The van der Waals surface area contributed by atoms with Gasteiger partial charge in [0.05, 0.1) is 0 Å². The van der Waals surface area contributed by atoms with Crippen molar-refractivity contribution in [2.75, 3.05) is 6.54 Å². The van der Waals surface area contributed by atoms with Crippen LogP contribution in [0.15, 0.2) is 4.99 Å². The van der Waals surface area contributed by atoms with Crippen molar-refractivity contribution < 1.29 is 0 Å². The first-order valence-electron chi connectivity index (χ1n) is 4.04. The Morgan fingerprint density at radius 1 is 1.45 bits per heavy atom. The summed E-state index contributed by atoms with van der Waals surface area (Å²) in [5.74, 6) is 6.19. The molecule has 0 saturated carbocycles. The first-order valence-corrected chi connectivity index (χ1v) is 4.04. The molecule has 0 fully saturated rings. The lowest BCUT2D eigenvalue weighted by Crippen LogP contribution is -2.39. The molecule has 3 heteroatoms. The van der Waals surface area contributed by atoms with Crippen LogP contribution in [0.3, 0.4) is 0 Å². The van der Waals surface area contributed by atoms with E-state index in [2.05, 4.69) is 38.1 Å². The zero-order valence-electron chi connectivity index (χ0n) is 7.94. The summed E-state index contributed by atoms with van der Waals surface area (Å²) in [4.78, 5) is 4.31. The van der Waals surface area contributed by atoms with Crippen molar-refractivity contribution in [2.24, 2.45) is 16.3 Å². The summed E-state index contributed by atoms with van der Waals surface area (Å²) in [6.45, 7) is 9.20. The number of rotatable bonds is 2. The van der Waals surface area contributed by atoms with Crippen molar-refractivity contribution in [2.45, 2.75) is 34.1 Å². The van der Waals surface area contributed by atoms with Gasteiger partial charge in [-0.2, -0.15) is 0 Å². The van der Waals surface area contributed by atoms with Gasteiger partial charge in [-0.15, -0.1) is 0 Å². The smallest absolute Gasteiger partial charge is 0.116 e. The van der Waals surface area contributed by atoms with Gasteiger partial charge in [0.15, 0.2) is 0 Å². The van der Waals surface area contributed by atoms with E-state index in [0.717, 1.165) is 18.8 Å². The van der Waals surface area contributed by atoms with Gasteiger partial charge in [0, 0.05) is 12.0 Å². The monoisotopic (exact) mass is 157 g/mol. The highest BCUT2D eigenvalue weighted by molar-refractivity contribution is 5.86. The van der Waals surface area contributed by atoms with Crippen molar-refractivity contribution in [1.29, 1.82) is 0 Å². The Morgan fingerprint density at radius 3 is 2.27 bits per heavy atom. The highest BCUT2D eigenvalue weighted by atomic mass is 15.3. The molecule has 0 aliphatic heterocycles. The van der Waals surface area contributed by atoms with Gasteiger partial charge < -0.3 is 5.43 Å². The second-order valence-corrected chi connectivity index (χ2v) is 3.62. The van der Waals surface area contributed by atoms with Gasteiger partial charge >= 0.3 is 0 Å². The molecule has 11 heavy (non-hydrogen) atoms. The molecule has 0 aromatic rings.